The van der Waals surface area contributed by atoms with Crippen molar-refractivity contribution in [3.63, 3.8) is 0 Å². The molecule has 0 spiro atoms. The Balaban J connectivity index is 1.97. The van der Waals surface area contributed by atoms with Crippen LogP contribution in [-0.4, -0.2) is 26.6 Å². The van der Waals surface area contributed by atoms with Crippen LogP contribution in [0.15, 0.2) is 48.5 Å². The molecule has 1 aromatic heterocycles. The minimum absolute atomic E-state index is 0.116. The van der Waals surface area contributed by atoms with Crippen molar-refractivity contribution >= 4 is 11.6 Å². The zero-order chi connectivity index (χ0) is 15.3. The fourth-order valence-corrected chi connectivity index (χ4v) is 2.71. The second kappa shape index (κ2) is 4.46. The van der Waals surface area contributed by atoms with Crippen molar-refractivity contribution in [2.24, 2.45) is 0 Å². The van der Waals surface area contributed by atoms with Crippen LogP contribution in [0.2, 0.25) is 0 Å². The largest absolute Gasteiger partial charge is 0.287 e. The lowest BCUT2D eigenvalue weighted by molar-refractivity contribution is 0.0972. The van der Waals surface area contributed by atoms with E-state index < -0.39 is 0 Å². The second-order valence-electron chi connectivity index (χ2n) is 5.24. The van der Waals surface area contributed by atoms with Crippen LogP contribution in [0, 0.1) is 6.92 Å². The number of hydrogen-bond acceptors (Lipinski definition) is 4. The Labute approximate surface area is 126 Å². The number of aryl methyl sites for hydroxylation is 1. The number of carbonyl (C=O) groups is 2. The van der Waals surface area contributed by atoms with Gasteiger partial charge in [0.1, 0.15) is 5.69 Å². The van der Waals surface area contributed by atoms with Gasteiger partial charge in [0, 0.05) is 11.1 Å². The van der Waals surface area contributed by atoms with Crippen molar-refractivity contribution in [1.82, 2.24) is 15.0 Å². The Kier molecular flexibility index (Phi) is 2.56. The maximum atomic E-state index is 12.7. The van der Waals surface area contributed by atoms with Gasteiger partial charge in [0.25, 0.3) is 0 Å². The van der Waals surface area contributed by atoms with Crippen LogP contribution in [0.25, 0.3) is 5.69 Å². The molecule has 0 atom stereocenters. The number of benzene rings is 2. The lowest BCUT2D eigenvalue weighted by Gasteiger charge is -2.14. The van der Waals surface area contributed by atoms with Gasteiger partial charge in [-0.3, -0.25) is 9.59 Å². The number of nitrogens with zero attached hydrogens (tertiary/aromatic N) is 3. The zero-order valence-corrected chi connectivity index (χ0v) is 11.8. The topological polar surface area (TPSA) is 64.8 Å². The summed E-state index contributed by atoms with van der Waals surface area (Å²) in [6.07, 6.45) is 0. The lowest BCUT2D eigenvalue weighted by Crippen LogP contribution is -2.22. The fraction of sp³-hybridized carbons (Fsp3) is 0.0588. The summed E-state index contributed by atoms with van der Waals surface area (Å²) in [5.41, 5.74) is 2.89. The molecule has 5 heteroatoms. The van der Waals surface area contributed by atoms with Crippen molar-refractivity contribution in [1.29, 1.82) is 0 Å². The van der Waals surface area contributed by atoms with Gasteiger partial charge in [0.15, 0.2) is 5.69 Å². The molecule has 1 heterocycles. The first-order valence-electron chi connectivity index (χ1n) is 6.88. The molecule has 106 valence electrons. The molecule has 1 aliphatic rings. The van der Waals surface area contributed by atoms with Gasteiger partial charge in [-0.2, -0.15) is 0 Å². The van der Waals surface area contributed by atoms with E-state index in [1.54, 1.807) is 24.3 Å². The Bertz CT molecular complexity index is 941. The van der Waals surface area contributed by atoms with E-state index in [4.69, 9.17) is 0 Å². The third kappa shape index (κ3) is 1.65. The van der Waals surface area contributed by atoms with Gasteiger partial charge in [-0.1, -0.05) is 41.6 Å². The normalized spacial score (nSPS) is 13.0. The number of rotatable bonds is 1. The second-order valence-corrected chi connectivity index (χ2v) is 5.24. The monoisotopic (exact) mass is 289 g/mol. The van der Waals surface area contributed by atoms with Gasteiger partial charge < -0.3 is 0 Å². The van der Waals surface area contributed by atoms with E-state index >= 15 is 0 Å². The van der Waals surface area contributed by atoms with E-state index in [9.17, 15) is 9.59 Å². The van der Waals surface area contributed by atoms with E-state index in [0.29, 0.717) is 16.8 Å². The highest BCUT2D eigenvalue weighted by Crippen LogP contribution is 2.27. The van der Waals surface area contributed by atoms with Gasteiger partial charge in [-0.15, -0.1) is 5.10 Å². The molecule has 22 heavy (non-hydrogen) atoms. The molecule has 0 amide bonds. The molecular formula is C17H11N3O2. The van der Waals surface area contributed by atoms with Crippen LogP contribution >= 0.6 is 0 Å². The van der Waals surface area contributed by atoms with E-state index in [0.717, 1.165) is 5.56 Å². The first kappa shape index (κ1) is 12.6. The summed E-state index contributed by atoms with van der Waals surface area (Å²) >= 11 is 0. The van der Waals surface area contributed by atoms with E-state index in [2.05, 4.69) is 10.3 Å². The van der Waals surface area contributed by atoms with Crippen LogP contribution < -0.4 is 0 Å². The molecule has 0 saturated heterocycles. The molecule has 0 saturated carbocycles. The third-order valence-corrected chi connectivity index (χ3v) is 3.76. The van der Waals surface area contributed by atoms with E-state index in [1.165, 1.54) is 4.68 Å². The number of aromatic nitrogens is 3. The maximum Gasteiger partial charge on any atom is 0.216 e. The van der Waals surface area contributed by atoms with Crippen LogP contribution in [0.3, 0.4) is 0 Å². The molecule has 0 bridgehead atoms. The van der Waals surface area contributed by atoms with Gasteiger partial charge in [0.05, 0.1) is 5.69 Å². The summed E-state index contributed by atoms with van der Waals surface area (Å²) in [5.74, 6) is -0.485. The molecule has 0 unspecified atom stereocenters. The Morgan fingerprint density at radius 1 is 0.909 bits per heavy atom. The molecule has 0 aliphatic heterocycles. The molecule has 4 rings (SSSR count). The molecule has 0 radical (unpaired) electrons. The molecule has 3 aromatic rings. The summed E-state index contributed by atoms with van der Waals surface area (Å²) in [6, 6.07) is 14.3. The van der Waals surface area contributed by atoms with Gasteiger partial charge in [-0.05, 0) is 24.6 Å². The lowest BCUT2D eigenvalue weighted by atomic mass is 9.90. The van der Waals surface area contributed by atoms with Gasteiger partial charge in [0.2, 0.25) is 11.6 Å². The minimum atomic E-state index is -0.260. The number of ketones is 2. The summed E-state index contributed by atoms with van der Waals surface area (Å²) in [5, 5.41) is 7.95. The first-order valence-corrected chi connectivity index (χ1v) is 6.88. The highest BCUT2D eigenvalue weighted by atomic mass is 16.1. The predicted octanol–water partition coefficient (Wildman–Crippen LogP) is 2.35. The summed E-state index contributed by atoms with van der Waals surface area (Å²) in [4.78, 5) is 25.2. The van der Waals surface area contributed by atoms with Crippen molar-refractivity contribution in [2.45, 2.75) is 6.92 Å². The van der Waals surface area contributed by atoms with Crippen molar-refractivity contribution in [3.8, 4) is 5.69 Å². The highest BCUT2D eigenvalue weighted by molar-refractivity contribution is 6.27. The average Bonchev–Trinajstić information content (AvgIpc) is 2.98. The van der Waals surface area contributed by atoms with Crippen LogP contribution in [-0.2, 0) is 0 Å². The van der Waals surface area contributed by atoms with Crippen LogP contribution in [0.5, 0.6) is 0 Å². The molecule has 2 aromatic carbocycles. The Hall–Kier alpha value is -3.08. The van der Waals surface area contributed by atoms with Crippen molar-refractivity contribution in [2.75, 3.05) is 0 Å². The first-order chi connectivity index (χ1) is 10.7. The van der Waals surface area contributed by atoms with Crippen molar-refractivity contribution in [3.05, 3.63) is 76.6 Å². The third-order valence-electron chi connectivity index (χ3n) is 3.76. The SMILES string of the molecule is Cc1cccc(-n2nnc3c2C(=O)c2ccccc2C3=O)c1. The average molecular weight is 289 g/mol. The maximum absolute atomic E-state index is 12.7. The van der Waals surface area contributed by atoms with Crippen LogP contribution in [0.4, 0.5) is 0 Å². The molecule has 0 N–H and O–H groups in total. The molecule has 0 fully saturated rings. The van der Waals surface area contributed by atoms with Gasteiger partial charge >= 0.3 is 0 Å². The Morgan fingerprint density at radius 2 is 1.64 bits per heavy atom. The quantitative estimate of drug-likeness (QED) is 0.539. The zero-order valence-electron chi connectivity index (χ0n) is 11.8. The molecule has 1 aliphatic carbocycles. The summed E-state index contributed by atoms with van der Waals surface area (Å²) < 4.78 is 1.44. The molecule has 5 nitrogen and oxygen atoms in total. The fourth-order valence-electron chi connectivity index (χ4n) is 2.71. The van der Waals surface area contributed by atoms with Crippen LogP contribution in [0.1, 0.15) is 37.7 Å². The van der Waals surface area contributed by atoms with Crippen molar-refractivity contribution < 1.29 is 9.59 Å². The molecular weight excluding hydrogens is 278 g/mol. The van der Waals surface area contributed by atoms with E-state index in [-0.39, 0.29) is 23.0 Å². The highest BCUT2D eigenvalue weighted by Gasteiger charge is 2.35. The standard InChI is InChI=1S/C17H11N3O2/c1-10-5-4-6-11(9-10)20-15-14(18-19-20)16(21)12-7-2-3-8-13(12)17(15)22/h2-9H,1H3. The summed E-state index contributed by atoms with van der Waals surface area (Å²) in [7, 11) is 0. The number of carbonyl (C=O) groups excluding carboxylic acids is 2. The predicted molar refractivity (Wildman–Crippen MR) is 79.4 cm³/mol. The van der Waals surface area contributed by atoms with E-state index in [1.807, 2.05) is 31.2 Å². The minimum Gasteiger partial charge on any atom is -0.287 e. The number of hydrogen-bond donors (Lipinski definition) is 0. The summed E-state index contributed by atoms with van der Waals surface area (Å²) in [6.45, 7) is 1.95. The van der Waals surface area contributed by atoms with Gasteiger partial charge in [-0.25, -0.2) is 4.68 Å². The number of fused-ring (bicyclic) bond motifs is 2. The smallest absolute Gasteiger partial charge is 0.216 e. The Morgan fingerprint density at radius 3 is 2.36 bits per heavy atom.